The number of rotatable bonds is 3. The highest BCUT2D eigenvalue weighted by atomic mass is 32.3. The molecule has 1 N–H and O–H groups in total. The van der Waals surface area contributed by atoms with Crippen molar-refractivity contribution in [2.24, 2.45) is 0 Å². The van der Waals surface area contributed by atoms with Crippen molar-refractivity contribution < 1.29 is 22.2 Å². The third kappa shape index (κ3) is 2.21. The Balaban J connectivity index is 2.75. The number of halogens is 1. The Morgan fingerprint density at radius 3 is 2.64 bits per heavy atom. The molecule has 7 heteroatoms. The summed E-state index contributed by atoms with van der Waals surface area (Å²) in [5, 5.41) is 7.49. The fourth-order valence-corrected chi connectivity index (χ4v) is 2.09. The molecule has 0 aromatic rings. The molecule has 1 fully saturated rings. The zero-order valence-electron chi connectivity index (χ0n) is 7.68. The zero-order valence-corrected chi connectivity index (χ0v) is 8.50. The van der Waals surface area contributed by atoms with E-state index < -0.39 is 27.4 Å². The maximum atomic E-state index is 12.5. The van der Waals surface area contributed by atoms with Gasteiger partial charge < -0.3 is 10.0 Å². The van der Waals surface area contributed by atoms with Crippen LogP contribution in [0.3, 0.4) is 0 Å². The van der Waals surface area contributed by atoms with Crippen molar-refractivity contribution in [3.63, 3.8) is 0 Å². The number of carbonyl (C=O) groups excluding carboxylic acids is 1. The summed E-state index contributed by atoms with van der Waals surface area (Å²) in [6, 6.07) is -0.464. The maximum Gasteiger partial charge on any atom is 0.307 e. The van der Waals surface area contributed by atoms with Crippen LogP contribution in [0.25, 0.3) is 0 Å². The molecule has 1 aliphatic rings. The molecular formula is C7H12FNO4S. The van der Waals surface area contributed by atoms with E-state index in [-0.39, 0.29) is 19.6 Å². The Labute approximate surface area is 81.7 Å². The van der Waals surface area contributed by atoms with Gasteiger partial charge in [0.15, 0.2) is 0 Å². The minimum atomic E-state index is -4.65. The van der Waals surface area contributed by atoms with Crippen LogP contribution in [0, 0.1) is 0 Å². The number of hydrogen-bond acceptors (Lipinski definition) is 4. The molecule has 0 spiro atoms. The number of aliphatic hydroxyl groups is 1. The van der Waals surface area contributed by atoms with Gasteiger partial charge in [-0.25, -0.2) is 0 Å². The van der Waals surface area contributed by atoms with E-state index in [1.54, 1.807) is 6.92 Å². The first-order valence-electron chi connectivity index (χ1n) is 4.20. The topological polar surface area (TPSA) is 74.7 Å². The van der Waals surface area contributed by atoms with Crippen LogP contribution in [-0.4, -0.2) is 48.8 Å². The smallest absolute Gasteiger partial charge is 0.307 e. The van der Waals surface area contributed by atoms with Gasteiger partial charge in [0.25, 0.3) is 0 Å². The van der Waals surface area contributed by atoms with E-state index in [0.717, 1.165) is 0 Å². The largest absolute Gasteiger partial charge is 0.394 e. The first-order chi connectivity index (χ1) is 6.36. The van der Waals surface area contributed by atoms with Crippen LogP contribution in [-0.2, 0) is 15.0 Å². The Morgan fingerprint density at radius 1 is 1.71 bits per heavy atom. The second-order valence-electron chi connectivity index (χ2n) is 3.38. The van der Waals surface area contributed by atoms with Gasteiger partial charge in [-0.05, 0) is 6.92 Å². The van der Waals surface area contributed by atoms with Gasteiger partial charge in [0.2, 0.25) is 5.91 Å². The highest BCUT2D eigenvalue weighted by Crippen LogP contribution is 2.21. The summed E-state index contributed by atoms with van der Waals surface area (Å²) < 4.78 is 33.6. The molecular weight excluding hydrogens is 213 g/mol. The lowest BCUT2D eigenvalue weighted by atomic mass is 10.3. The molecule has 14 heavy (non-hydrogen) atoms. The highest BCUT2D eigenvalue weighted by molar-refractivity contribution is 7.87. The van der Waals surface area contributed by atoms with Gasteiger partial charge in [-0.2, -0.15) is 8.42 Å². The van der Waals surface area contributed by atoms with Gasteiger partial charge in [0.05, 0.1) is 12.6 Å². The van der Waals surface area contributed by atoms with Crippen molar-refractivity contribution in [3.8, 4) is 0 Å². The molecule has 2 atom stereocenters. The average Bonchev–Trinajstić information content (AvgIpc) is 2.45. The van der Waals surface area contributed by atoms with Crippen LogP contribution in [0.15, 0.2) is 0 Å². The van der Waals surface area contributed by atoms with E-state index in [1.807, 2.05) is 0 Å². The molecule has 1 rings (SSSR count). The summed E-state index contributed by atoms with van der Waals surface area (Å²) in [5.41, 5.74) is 0. The molecule has 0 saturated carbocycles. The lowest BCUT2D eigenvalue weighted by Crippen LogP contribution is -2.37. The fraction of sp³-hybridized carbons (Fsp3) is 0.857. The number of aliphatic hydroxyl groups excluding tert-OH is 1. The lowest BCUT2D eigenvalue weighted by Gasteiger charge is -2.22. The molecule has 1 amide bonds. The SMILES string of the molecule is CC(CO)N1CC(S(=O)(=O)F)CC1=O. The molecule has 0 aliphatic carbocycles. The van der Waals surface area contributed by atoms with E-state index >= 15 is 0 Å². The zero-order chi connectivity index (χ0) is 10.9. The summed E-state index contributed by atoms with van der Waals surface area (Å²) in [6.07, 6.45) is -0.330. The second kappa shape index (κ2) is 3.82. The van der Waals surface area contributed by atoms with Crippen LogP contribution < -0.4 is 0 Å². The molecule has 82 valence electrons. The van der Waals surface area contributed by atoms with E-state index in [1.165, 1.54) is 4.90 Å². The number of likely N-dealkylation sites (tertiary alicyclic amines) is 1. The molecule has 0 aromatic heterocycles. The van der Waals surface area contributed by atoms with Crippen LogP contribution in [0.2, 0.25) is 0 Å². The number of nitrogens with zero attached hydrogens (tertiary/aromatic N) is 1. The molecule has 5 nitrogen and oxygen atoms in total. The Hall–Kier alpha value is -0.690. The predicted octanol–water partition coefficient (Wildman–Crippen LogP) is -0.733. The normalized spacial score (nSPS) is 25.5. The van der Waals surface area contributed by atoms with E-state index in [2.05, 4.69) is 0 Å². The first-order valence-corrected chi connectivity index (χ1v) is 5.64. The average molecular weight is 225 g/mol. The van der Waals surface area contributed by atoms with E-state index in [0.29, 0.717) is 0 Å². The van der Waals surface area contributed by atoms with E-state index in [4.69, 9.17) is 5.11 Å². The minimum Gasteiger partial charge on any atom is -0.394 e. The minimum absolute atomic E-state index is 0.167. The van der Waals surface area contributed by atoms with Gasteiger partial charge in [0, 0.05) is 13.0 Å². The van der Waals surface area contributed by atoms with Gasteiger partial charge in [-0.15, -0.1) is 3.89 Å². The van der Waals surface area contributed by atoms with Crippen molar-refractivity contribution in [2.45, 2.75) is 24.6 Å². The monoisotopic (exact) mass is 225 g/mol. The van der Waals surface area contributed by atoms with Crippen LogP contribution in [0.1, 0.15) is 13.3 Å². The lowest BCUT2D eigenvalue weighted by molar-refractivity contribution is -0.130. The predicted molar refractivity (Wildman–Crippen MR) is 46.7 cm³/mol. The van der Waals surface area contributed by atoms with Gasteiger partial charge in [-0.1, -0.05) is 0 Å². The standard InChI is InChI=1S/C7H12FNO4S/c1-5(4-10)9-3-6(2-7(9)11)14(8,12)13/h5-6,10H,2-4H2,1H3. The summed E-state index contributed by atoms with van der Waals surface area (Å²) in [6.45, 7) is 1.15. The summed E-state index contributed by atoms with van der Waals surface area (Å²) in [7, 11) is -4.65. The number of amides is 1. The van der Waals surface area contributed by atoms with Crippen molar-refractivity contribution in [2.75, 3.05) is 13.2 Å². The Kier molecular flexibility index (Phi) is 3.10. The van der Waals surface area contributed by atoms with E-state index in [9.17, 15) is 17.1 Å². The third-order valence-electron chi connectivity index (χ3n) is 2.32. The molecule has 1 saturated heterocycles. The molecule has 0 bridgehead atoms. The molecule has 0 radical (unpaired) electrons. The molecule has 1 heterocycles. The van der Waals surface area contributed by atoms with Gasteiger partial charge >= 0.3 is 10.2 Å². The third-order valence-corrected chi connectivity index (χ3v) is 3.43. The summed E-state index contributed by atoms with van der Waals surface area (Å²) >= 11 is 0. The van der Waals surface area contributed by atoms with Crippen molar-refractivity contribution in [1.82, 2.24) is 4.90 Å². The van der Waals surface area contributed by atoms with Crippen LogP contribution >= 0.6 is 0 Å². The van der Waals surface area contributed by atoms with Crippen molar-refractivity contribution in [1.29, 1.82) is 0 Å². The fourth-order valence-electron chi connectivity index (χ4n) is 1.41. The summed E-state index contributed by atoms with van der Waals surface area (Å²) in [4.78, 5) is 12.4. The van der Waals surface area contributed by atoms with Gasteiger partial charge in [0.1, 0.15) is 5.25 Å². The van der Waals surface area contributed by atoms with Crippen molar-refractivity contribution in [3.05, 3.63) is 0 Å². The van der Waals surface area contributed by atoms with Crippen LogP contribution in [0.5, 0.6) is 0 Å². The number of carbonyl (C=O) groups is 1. The highest BCUT2D eigenvalue weighted by Gasteiger charge is 2.39. The van der Waals surface area contributed by atoms with Crippen molar-refractivity contribution >= 4 is 16.1 Å². The van der Waals surface area contributed by atoms with Gasteiger partial charge in [-0.3, -0.25) is 4.79 Å². The quantitative estimate of drug-likeness (QED) is 0.642. The maximum absolute atomic E-state index is 12.5. The Morgan fingerprint density at radius 2 is 2.29 bits per heavy atom. The molecule has 0 aromatic carbocycles. The molecule has 1 aliphatic heterocycles. The molecule has 2 unspecified atom stereocenters. The first kappa shape index (κ1) is 11.4. The number of hydrogen-bond donors (Lipinski definition) is 1. The van der Waals surface area contributed by atoms with Crippen LogP contribution in [0.4, 0.5) is 3.89 Å². The Bertz CT molecular complexity index is 329. The summed E-state index contributed by atoms with van der Waals surface area (Å²) in [5.74, 6) is -0.433. The second-order valence-corrected chi connectivity index (χ2v) is 5.00.